The molecule has 0 radical (unpaired) electrons. The molecule has 1 unspecified atom stereocenters. The van der Waals surface area contributed by atoms with E-state index in [0.717, 1.165) is 19.5 Å². The summed E-state index contributed by atoms with van der Waals surface area (Å²) in [5, 5.41) is 2.83. The summed E-state index contributed by atoms with van der Waals surface area (Å²) < 4.78 is 0. The lowest BCUT2D eigenvalue weighted by atomic mass is 9.92. The standard InChI is InChI=1S/C14H28N4O.HI/c1-5-16-12(19)14(3,4)10-17-13(15)18-8-6-7-11(2)9-18;/h11H,5-10H2,1-4H3,(H2,15,17)(H,16,19);1H. The lowest BCUT2D eigenvalue weighted by molar-refractivity contribution is -0.128. The predicted molar refractivity (Wildman–Crippen MR) is 94.3 cm³/mol. The maximum atomic E-state index is 11.9. The van der Waals surface area contributed by atoms with Crippen molar-refractivity contribution in [3.63, 3.8) is 0 Å². The maximum absolute atomic E-state index is 11.9. The molecule has 0 aromatic rings. The monoisotopic (exact) mass is 396 g/mol. The third kappa shape index (κ3) is 5.85. The number of hydrogen-bond donors (Lipinski definition) is 2. The number of nitrogens with two attached hydrogens (primary N) is 1. The molecule has 0 bridgehead atoms. The first-order valence-corrected chi connectivity index (χ1v) is 7.20. The van der Waals surface area contributed by atoms with Gasteiger partial charge >= 0.3 is 0 Å². The molecule has 0 aliphatic carbocycles. The Morgan fingerprint density at radius 3 is 2.70 bits per heavy atom. The molecule has 1 saturated heterocycles. The van der Waals surface area contributed by atoms with Gasteiger partial charge in [0.15, 0.2) is 5.96 Å². The van der Waals surface area contributed by atoms with Crippen LogP contribution in [0, 0.1) is 11.3 Å². The van der Waals surface area contributed by atoms with E-state index in [2.05, 4.69) is 22.1 Å². The van der Waals surface area contributed by atoms with Crippen molar-refractivity contribution in [3.05, 3.63) is 0 Å². The van der Waals surface area contributed by atoms with E-state index in [1.54, 1.807) is 0 Å². The van der Waals surface area contributed by atoms with Gasteiger partial charge in [-0.3, -0.25) is 9.79 Å². The lowest BCUT2D eigenvalue weighted by Gasteiger charge is -2.32. The molecule has 5 nitrogen and oxygen atoms in total. The predicted octanol–water partition coefficient (Wildman–Crippen LogP) is 1.81. The van der Waals surface area contributed by atoms with E-state index in [0.29, 0.717) is 25.0 Å². The number of hydrogen-bond acceptors (Lipinski definition) is 2. The van der Waals surface area contributed by atoms with Gasteiger partial charge in [-0.05, 0) is 39.5 Å². The van der Waals surface area contributed by atoms with Gasteiger partial charge in [0.25, 0.3) is 0 Å². The van der Waals surface area contributed by atoms with Gasteiger partial charge in [0, 0.05) is 19.6 Å². The molecule has 1 amide bonds. The molecule has 1 atom stereocenters. The molecule has 1 aliphatic heterocycles. The first-order valence-electron chi connectivity index (χ1n) is 7.20. The minimum absolute atomic E-state index is 0. The molecule has 118 valence electrons. The van der Waals surface area contributed by atoms with Gasteiger partial charge in [-0.25, -0.2) is 0 Å². The number of rotatable bonds is 4. The number of aliphatic imine (C=N–C) groups is 1. The molecule has 0 aromatic heterocycles. The highest BCUT2D eigenvalue weighted by Crippen LogP contribution is 2.17. The average molecular weight is 396 g/mol. The summed E-state index contributed by atoms with van der Waals surface area (Å²) in [5.74, 6) is 1.27. The summed E-state index contributed by atoms with van der Waals surface area (Å²) in [6.45, 7) is 11.0. The number of piperidine rings is 1. The molecule has 1 aliphatic rings. The Kier molecular flexibility index (Phi) is 8.46. The zero-order chi connectivity index (χ0) is 14.5. The van der Waals surface area contributed by atoms with Crippen LogP contribution >= 0.6 is 24.0 Å². The zero-order valence-corrected chi connectivity index (χ0v) is 15.4. The van der Waals surface area contributed by atoms with Crippen molar-refractivity contribution in [2.24, 2.45) is 22.1 Å². The van der Waals surface area contributed by atoms with Crippen LogP contribution in [-0.4, -0.2) is 42.9 Å². The summed E-state index contributed by atoms with van der Waals surface area (Å²) in [7, 11) is 0. The first-order chi connectivity index (χ1) is 8.86. The summed E-state index contributed by atoms with van der Waals surface area (Å²) in [6.07, 6.45) is 2.42. The summed E-state index contributed by atoms with van der Waals surface area (Å²) in [4.78, 5) is 18.4. The van der Waals surface area contributed by atoms with Crippen LogP contribution in [0.15, 0.2) is 4.99 Å². The van der Waals surface area contributed by atoms with Crippen LogP contribution in [0.5, 0.6) is 0 Å². The number of carbonyl (C=O) groups is 1. The van der Waals surface area contributed by atoms with Gasteiger partial charge in [-0.2, -0.15) is 0 Å². The molecule has 3 N–H and O–H groups in total. The molecular weight excluding hydrogens is 367 g/mol. The topological polar surface area (TPSA) is 70.7 Å². The zero-order valence-electron chi connectivity index (χ0n) is 13.1. The average Bonchev–Trinajstić information content (AvgIpc) is 2.36. The number of nitrogens with zero attached hydrogens (tertiary/aromatic N) is 2. The van der Waals surface area contributed by atoms with E-state index in [1.165, 1.54) is 6.42 Å². The van der Waals surface area contributed by atoms with Crippen LogP contribution in [0.2, 0.25) is 0 Å². The van der Waals surface area contributed by atoms with Crippen LogP contribution in [0.4, 0.5) is 0 Å². The Morgan fingerprint density at radius 2 is 2.15 bits per heavy atom. The van der Waals surface area contributed by atoms with E-state index in [-0.39, 0.29) is 29.9 Å². The molecular formula is C14H29IN4O. The van der Waals surface area contributed by atoms with Crippen LogP contribution in [0.1, 0.15) is 40.5 Å². The Hall–Kier alpha value is -0.530. The van der Waals surface area contributed by atoms with Crippen molar-refractivity contribution in [2.45, 2.75) is 40.5 Å². The Labute approximate surface area is 139 Å². The quantitative estimate of drug-likeness (QED) is 0.433. The number of guanidine groups is 1. The molecule has 1 heterocycles. The van der Waals surface area contributed by atoms with Crippen LogP contribution < -0.4 is 11.1 Å². The van der Waals surface area contributed by atoms with Gasteiger partial charge < -0.3 is 16.0 Å². The number of halogens is 1. The van der Waals surface area contributed by atoms with Gasteiger partial charge in [-0.1, -0.05) is 6.92 Å². The molecule has 6 heteroatoms. The van der Waals surface area contributed by atoms with Crippen molar-refractivity contribution in [2.75, 3.05) is 26.2 Å². The second-order valence-electron chi connectivity index (χ2n) is 6.11. The molecule has 1 fully saturated rings. The van der Waals surface area contributed by atoms with E-state index < -0.39 is 5.41 Å². The summed E-state index contributed by atoms with van der Waals surface area (Å²) >= 11 is 0. The fourth-order valence-corrected chi connectivity index (χ4v) is 2.25. The molecule has 1 rings (SSSR count). The Morgan fingerprint density at radius 1 is 1.50 bits per heavy atom. The van der Waals surface area contributed by atoms with Crippen LogP contribution in [-0.2, 0) is 4.79 Å². The third-order valence-electron chi connectivity index (χ3n) is 3.57. The van der Waals surface area contributed by atoms with Crippen molar-refractivity contribution in [1.82, 2.24) is 10.2 Å². The first kappa shape index (κ1) is 19.5. The summed E-state index contributed by atoms with van der Waals surface area (Å²) in [5.41, 5.74) is 5.52. The molecule has 0 saturated carbocycles. The second kappa shape index (κ2) is 8.69. The normalized spacial score (nSPS) is 20.3. The van der Waals surface area contributed by atoms with Crippen LogP contribution in [0.25, 0.3) is 0 Å². The number of carbonyl (C=O) groups excluding carboxylic acids is 1. The minimum Gasteiger partial charge on any atom is -0.370 e. The van der Waals surface area contributed by atoms with Gasteiger partial charge in [-0.15, -0.1) is 24.0 Å². The molecule has 0 spiro atoms. The second-order valence-corrected chi connectivity index (χ2v) is 6.11. The lowest BCUT2D eigenvalue weighted by Crippen LogP contribution is -2.45. The number of nitrogens with one attached hydrogen (secondary N) is 1. The smallest absolute Gasteiger partial charge is 0.227 e. The van der Waals surface area contributed by atoms with Crippen molar-refractivity contribution in [3.8, 4) is 0 Å². The fourth-order valence-electron chi connectivity index (χ4n) is 2.25. The Balaban J connectivity index is 0.00000361. The fraction of sp³-hybridized carbons (Fsp3) is 0.857. The summed E-state index contributed by atoms with van der Waals surface area (Å²) in [6, 6.07) is 0. The van der Waals surface area contributed by atoms with Crippen LogP contribution in [0.3, 0.4) is 0 Å². The van der Waals surface area contributed by atoms with E-state index in [4.69, 9.17) is 5.73 Å². The number of likely N-dealkylation sites (tertiary alicyclic amines) is 1. The SMILES string of the molecule is CCNC(=O)C(C)(C)CN=C(N)N1CCCC(C)C1.I. The molecule has 0 aromatic carbocycles. The van der Waals surface area contributed by atoms with Gasteiger partial charge in [0.05, 0.1) is 12.0 Å². The van der Waals surface area contributed by atoms with Gasteiger partial charge in [0.2, 0.25) is 5.91 Å². The number of amides is 1. The third-order valence-corrected chi connectivity index (χ3v) is 3.57. The van der Waals surface area contributed by atoms with Crippen molar-refractivity contribution in [1.29, 1.82) is 0 Å². The highest BCUT2D eigenvalue weighted by molar-refractivity contribution is 14.0. The minimum atomic E-state index is -0.512. The van der Waals surface area contributed by atoms with Gasteiger partial charge in [0.1, 0.15) is 0 Å². The van der Waals surface area contributed by atoms with E-state index in [9.17, 15) is 4.79 Å². The molecule has 20 heavy (non-hydrogen) atoms. The van der Waals surface area contributed by atoms with Crippen molar-refractivity contribution < 1.29 is 4.79 Å². The van der Waals surface area contributed by atoms with E-state index in [1.807, 2.05) is 20.8 Å². The van der Waals surface area contributed by atoms with Crippen molar-refractivity contribution >= 4 is 35.8 Å². The Bertz CT molecular complexity index is 344. The van der Waals surface area contributed by atoms with E-state index >= 15 is 0 Å². The largest absolute Gasteiger partial charge is 0.370 e. The maximum Gasteiger partial charge on any atom is 0.227 e. The highest BCUT2D eigenvalue weighted by Gasteiger charge is 2.27. The highest BCUT2D eigenvalue weighted by atomic mass is 127.